The lowest BCUT2D eigenvalue weighted by Gasteiger charge is -2.23. The third-order valence-corrected chi connectivity index (χ3v) is 6.39. The van der Waals surface area contributed by atoms with Gasteiger partial charge in [-0.05, 0) is 56.7 Å². The zero-order valence-electron chi connectivity index (χ0n) is 15.8. The molecule has 1 aliphatic heterocycles. The zero-order valence-corrected chi connectivity index (χ0v) is 17.4. The molecule has 1 atom stereocenters. The van der Waals surface area contributed by atoms with Gasteiger partial charge >= 0.3 is 0 Å². The number of nitrogens with zero attached hydrogens (tertiary/aromatic N) is 2. The Labute approximate surface area is 167 Å². The molecule has 0 aliphatic carbocycles. The maximum Gasteiger partial charge on any atom is 0.263 e. The minimum Gasteiger partial charge on any atom is -0.346 e. The fraction of sp³-hybridized carbons (Fsp3) is 0.526. The summed E-state index contributed by atoms with van der Waals surface area (Å²) in [6.07, 6.45) is 6.08. The van der Waals surface area contributed by atoms with Crippen molar-refractivity contribution in [3.8, 4) is 0 Å². The Morgan fingerprint density at radius 3 is 3.11 bits per heavy atom. The Morgan fingerprint density at radius 1 is 1.52 bits per heavy atom. The molecule has 6 nitrogen and oxygen atoms in total. The van der Waals surface area contributed by atoms with E-state index in [2.05, 4.69) is 15.6 Å². The number of amides is 1. The van der Waals surface area contributed by atoms with Crippen LogP contribution in [0.15, 0.2) is 22.4 Å². The molecule has 27 heavy (non-hydrogen) atoms. The predicted octanol–water partition coefficient (Wildman–Crippen LogP) is 2.41. The normalized spacial score (nSPS) is 17.0. The number of aromatic nitrogens is 2. The molecule has 1 saturated heterocycles. The second-order valence-corrected chi connectivity index (χ2v) is 8.70. The van der Waals surface area contributed by atoms with Gasteiger partial charge in [0, 0.05) is 23.9 Å². The van der Waals surface area contributed by atoms with Crippen LogP contribution in [0.5, 0.6) is 0 Å². The second-order valence-electron chi connectivity index (χ2n) is 6.89. The first-order chi connectivity index (χ1) is 13.1. The zero-order chi connectivity index (χ0) is 19.2. The van der Waals surface area contributed by atoms with E-state index in [1.54, 1.807) is 33.9 Å². The largest absolute Gasteiger partial charge is 0.346 e. The molecule has 146 valence electrons. The molecule has 0 saturated carbocycles. The predicted molar refractivity (Wildman–Crippen MR) is 112 cm³/mol. The number of thiazole rings is 1. The SMILES string of the molecule is CSCc1nc(CNC(=O)c2c(C)ccn(CC3CCCNC3)c2=O)cs1. The average Bonchev–Trinajstić information content (AvgIpc) is 3.11. The Balaban J connectivity index is 1.69. The monoisotopic (exact) mass is 406 g/mol. The number of piperidine rings is 1. The molecule has 8 heteroatoms. The lowest BCUT2D eigenvalue weighted by atomic mass is 9.99. The number of carbonyl (C=O) groups is 1. The summed E-state index contributed by atoms with van der Waals surface area (Å²) in [5, 5.41) is 9.23. The number of thioether (sulfide) groups is 1. The summed E-state index contributed by atoms with van der Waals surface area (Å²) in [4.78, 5) is 30.0. The fourth-order valence-electron chi connectivity index (χ4n) is 3.32. The molecule has 1 aliphatic rings. The summed E-state index contributed by atoms with van der Waals surface area (Å²) in [7, 11) is 0. The molecular weight excluding hydrogens is 380 g/mol. The number of pyridine rings is 1. The molecule has 1 amide bonds. The van der Waals surface area contributed by atoms with Gasteiger partial charge in [-0.25, -0.2) is 4.98 Å². The Hall–Kier alpha value is -1.64. The minimum absolute atomic E-state index is 0.209. The molecule has 2 N–H and O–H groups in total. The van der Waals surface area contributed by atoms with Gasteiger partial charge in [-0.2, -0.15) is 11.8 Å². The van der Waals surface area contributed by atoms with E-state index < -0.39 is 0 Å². The molecule has 1 fully saturated rings. The summed E-state index contributed by atoms with van der Waals surface area (Å²) in [5.74, 6) is 0.977. The summed E-state index contributed by atoms with van der Waals surface area (Å²) in [6, 6.07) is 1.85. The van der Waals surface area contributed by atoms with Crippen LogP contribution >= 0.6 is 23.1 Å². The quantitative estimate of drug-likeness (QED) is 0.738. The Morgan fingerprint density at radius 2 is 2.37 bits per heavy atom. The van der Waals surface area contributed by atoms with E-state index in [0.29, 0.717) is 24.6 Å². The van der Waals surface area contributed by atoms with Gasteiger partial charge in [0.05, 0.1) is 12.2 Å². The van der Waals surface area contributed by atoms with Gasteiger partial charge in [-0.3, -0.25) is 9.59 Å². The van der Waals surface area contributed by atoms with Crippen molar-refractivity contribution in [2.75, 3.05) is 19.3 Å². The maximum absolute atomic E-state index is 12.9. The molecule has 0 spiro atoms. The maximum atomic E-state index is 12.9. The van der Waals surface area contributed by atoms with Crippen LogP contribution in [0.25, 0.3) is 0 Å². The molecule has 0 aromatic carbocycles. The van der Waals surface area contributed by atoms with Gasteiger partial charge < -0.3 is 15.2 Å². The molecule has 1 unspecified atom stereocenters. The van der Waals surface area contributed by atoms with E-state index in [1.165, 1.54) is 0 Å². The van der Waals surface area contributed by atoms with E-state index in [1.807, 2.05) is 24.6 Å². The molecule has 3 rings (SSSR count). The van der Waals surface area contributed by atoms with Crippen LogP contribution in [0.4, 0.5) is 0 Å². The van der Waals surface area contributed by atoms with Gasteiger partial charge in [0.1, 0.15) is 10.6 Å². The van der Waals surface area contributed by atoms with Crippen LogP contribution in [0, 0.1) is 12.8 Å². The highest BCUT2D eigenvalue weighted by Crippen LogP contribution is 2.15. The highest BCUT2D eigenvalue weighted by molar-refractivity contribution is 7.97. The minimum atomic E-state index is -0.326. The molecule has 2 aromatic heterocycles. The fourth-order valence-corrected chi connectivity index (χ4v) is 4.84. The van der Waals surface area contributed by atoms with Gasteiger partial charge in [0.25, 0.3) is 11.5 Å². The van der Waals surface area contributed by atoms with Crippen LogP contribution in [0.2, 0.25) is 0 Å². The number of rotatable bonds is 7. The first-order valence-electron chi connectivity index (χ1n) is 9.19. The molecular formula is C19H26N4O2S2. The summed E-state index contributed by atoms with van der Waals surface area (Å²) >= 11 is 3.32. The topological polar surface area (TPSA) is 76.0 Å². The molecule has 2 aromatic rings. The second kappa shape index (κ2) is 9.52. The third-order valence-electron chi connectivity index (χ3n) is 4.75. The van der Waals surface area contributed by atoms with Crippen molar-refractivity contribution in [3.63, 3.8) is 0 Å². The van der Waals surface area contributed by atoms with Crippen LogP contribution in [0.1, 0.15) is 39.5 Å². The first kappa shape index (κ1) is 20.1. The molecule has 0 bridgehead atoms. The number of hydrogen-bond donors (Lipinski definition) is 2. The standard InChI is InChI=1S/C19H26N4O2S2/c1-13-5-7-23(10-14-4-3-6-20-8-14)19(25)17(13)18(24)21-9-15-11-27-16(22-15)12-26-2/h5,7,11,14,20H,3-4,6,8-10,12H2,1-2H3,(H,21,24). The Bertz CT molecular complexity index is 840. The number of nitrogens with one attached hydrogen (secondary N) is 2. The lowest BCUT2D eigenvalue weighted by molar-refractivity contribution is 0.0947. The van der Waals surface area contributed by atoms with Crippen LogP contribution < -0.4 is 16.2 Å². The van der Waals surface area contributed by atoms with E-state index >= 15 is 0 Å². The van der Waals surface area contributed by atoms with Gasteiger partial charge in [-0.1, -0.05) is 0 Å². The van der Waals surface area contributed by atoms with Crippen LogP contribution in [-0.4, -0.2) is 34.8 Å². The van der Waals surface area contributed by atoms with Crippen LogP contribution in [0.3, 0.4) is 0 Å². The van der Waals surface area contributed by atoms with E-state index in [0.717, 1.165) is 42.4 Å². The van der Waals surface area contributed by atoms with E-state index in [-0.39, 0.29) is 17.0 Å². The van der Waals surface area contributed by atoms with Gasteiger partial charge in [0.2, 0.25) is 0 Å². The summed E-state index contributed by atoms with van der Waals surface area (Å²) in [5.41, 5.74) is 1.57. The highest BCUT2D eigenvalue weighted by atomic mass is 32.2. The summed E-state index contributed by atoms with van der Waals surface area (Å²) < 4.78 is 1.68. The van der Waals surface area contributed by atoms with Crippen molar-refractivity contribution < 1.29 is 4.79 Å². The van der Waals surface area contributed by atoms with Crippen molar-refractivity contribution in [2.24, 2.45) is 5.92 Å². The van der Waals surface area contributed by atoms with Crippen molar-refractivity contribution in [1.82, 2.24) is 20.2 Å². The van der Waals surface area contributed by atoms with Gasteiger partial charge in [0.15, 0.2) is 0 Å². The van der Waals surface area contributed by atoms with Gasteiger partial charge in [-0.15, -0.1) is 11.3 Å². The van der Waals surface area contributed by atoms with Crippen LogP contribution in [-0.2, 0) is 18.8 Å². The Kier molecular flexibility index (Phi) is 7.09. The van der Waals surface area contributed by atoms with Crippen molar-refractivity contribution in [3.05, 3.63) is 49.8 Å². The highest BCUT2D eigenvalue weighted by Gasteiger charge is 2.19. The van der Waals surface area contributed by atoms with Crippen molar-refractivity contribution in [2.45, 2.75) is 38.6 Å². The smallest absolute Gasteiger partial charge is 0.263 e. The lowest BCUT2D eigenvalue weighted by Crippen LogP contribution is -2.37. The number of aryl methyl sites for hydroxylation is 1. The number of hydrogen-bond acceptors (Lipinski definition) is 6. The molecule has 3 heterocycles. The van der Waals surface area contributed by atoms with Crippen molar-refractivity contribution >= 4 is 29.0 Å². The first-order valence-corrected chi connectivity index (χ1v) is 11.5. The number of carbonyl (C=O) groups excluding carboxylic acids is 1. The molecule has 0 radical (unpaired) electrons. The van der Waals surface area contributed by atoms with E-state index in [9.17, 15) is 9.59 Å². The third kappa shape index (κ3) is 5.21. The summed E-state index contributed by atoms with van der Waals surface area (Å²) in [6.45, 7) is 4.76. The van der Waals surface area contributed by atoms with E-state index in [4.69, 9.17) is 0 Å². The average molecular weight is 407 g/mol. The van der Waals surface area contributed by atoms with Crippen molar-refractivity contribution in [1.29, 1.82) is 0 Å².